The Morgan fingerprint density at radius 1 is 1.50 bits per heavy atom. The van der Waals surface area contributed by atoms with Gasteiger partial charge < -0.3 is 4.74 Å². The zero-order chi connectivity index (χ0) is 10.2. The number of carbonyl (C=O) groups is 1. The van der Waals surface area contributed by atoms with Crippen molar-refractivity contribution in [1.82, 2.24) is 5.32 Å². The maximum absolute atomic E-state index is 11.2. The Labute approximate surface area is 86.2 Å². The second-order valence-electron chi connectivity index (χ2n) is 3.80. The van der Waals surface area contributed by atoms with Gasteiger partial charge in [0.2, 0.25) is 0 Å². The van der Waals surface area contributed by atoms with E-state index in [2.05, 4.69) is 5.32 Å². The van der Waals surface area contributed by atoms with Crippen LogP contribution < -0.4 is 5.32 Å². The van der Waals surface area contributed by atoms with Gasteiger partial charge in [0.15, 0.2) is 0 Å². The molecule has 1 unspecified atom stereocenters. The molecule has 0 aromatic carbocycles. The molecule has 0 spiro atoms. The largest absolute Gasteiger partial charge is 0.375 e. The average Bonchev–Trinajstić information content (AvgIpc) is 2.20. The van der Waals surface area contributed by atoms with Crippen molar-refractivity contribution in [2.75, 3.05) is 19.7 Å². The molecule has 1 radical (unpaired) electrons. The first-order valence-electron chi connectivity index (χ1n) is 5.59. The zero-order valence-electron chi connectivity index (χ0n) is 9.00. The highest BCUT2D eigenvalue weighted by Gasteiger charge is 2.13. The highest BCUT2D eigenvalue weighted by atomic mass is 16.5. The summed E-state index contributed by atoms with van der Waals surface area (Å²) in [5.41, 5.74) is 0. The molecule has 0 amide bonds. The van der Waals surface area contributed by atoms with Crippen molar-refractivity contribution in [2.24, 2.45) is 0 Å². The Morgan fingerprint density at radius 2 is 2.36 bits per heavy atom. The molecule has 1 heterocycles. The van der Waals surface area contributed by atoms with E-state index in [1.165, 1.54) is 0 Å². The molecule has 0 aliphatic carbocycles. The number of ether oxygens (including phenoxy) is 1. The monoisotopic (exact) mass is 198 g/mol. The van der Waals surface area contributed by atoms with Crippen LogP contribution in [0.5, 0.6) is 0 Å². The van der Waals surface area contributed by atoms with E-state index < -0.39 is 0 Å². The number of carbonyl (C=O) groups excluding carboxylic acids is 1. The van der Waals surface area contributed by atoms with Gasteiger partial charge in [-0.05, 0) is 19.3 Å². The number of hydrogen-bond acceptors (Lipinski definition) is 2. The van der Waals surface area contributed by atoms with Gasteiger partial charge in [-0.2, -0.15) is 0 Å². The Balaban J connectivity index is 1.99. The van der Waals surface area contributed by atoms with E-state index in [1.54, 1.807) is 0 Å². The molecule has 0 saturated carbocycles. The number of hydrogen-bond donors (Lipinski definition) is 0. The molecule has 1 rings (SSSR count). The maximum atomic E-state index is 11.2. The van der Waals surface area contributed by atoms with Gasteiger partial charge in [-0.25, -0.2) is 5.32 Å². The van der Waals surface area contributed by atoms with E-state index in [0.29, 0.717) is 12.2 Å². The van der Waals surface area contributed by atoms with Crippen molar-refractivity contribution in [3.05, 3.63) is 0 Å². The minimum absolute atomic E-state index is 0.276. The van der Waals surface area contributed by atoms with E-state index in [9.17, 15) is 4.79 Å². The van der Waals surface area contributed by atoms with Crippen LogP contribution in [0.2, 0.25) is 0 Å². The predicted octanol–water partition coefficient (Wildman–Crippen LogP) is 1.53. The maximum Gasteiger partial charge on any atom is 0.132 e. The van der Waals surface area contributed by atoms with Crippen LogP contribution in [0.1, 0.15) is 39.0 Å². The molecular formula is C11H20NO2. The number of morpholine rings is 1. The molecule has 1 aliphatic rings. The Morgan fingerprint density at radius 3 is 3.00 bits per heavy atom. The third-order valence-corrected chi connectivity index (χ3v) is 2.45. The summed E-state index contributed by atoms with van der Waals surface area (Å²) >= 11 is 0. The molecule has 81 valence electrons. The first-order valence-corrected chi connectivity index (χ1v) is 5.59. The Hall–Kier alpha value is -0.410. The van der Waals surface area contributed by atoms with Crippen LogP contribution in [0.4, 0.5) is 0 Å². The van der Waals surface area contributed by atoms with Crippen LogP contribution >= 0.6 is 0 Å². The van der Waals surface area contributed by atoms with Crippen LogP contribution in [0.25, 0.3) is 0 Å². The third kappa shape index (κ3) is 4.72. The fourth-order valence-electron chi connectivity index (χ4n) is 1.68. The van der Waals surface area contributed by atoms with Gasteiger partial charge in [0.25, 0.3) is 0 Å². The van der Waals surface area contributed by atoms with Crippen molar-refractivity contribution in [3.8, 4) is 0 Å². The summed E-state index contributed by atoms with van der Waals surface area (Å²) in [6.07, 6.45) is 4.63. The molecule has 1 atom stereocenters. The molecule has 0 N–H and O–H groups in total. The summed E-state index contributed by atoms with van der Waals surface area (Å²) in [7, 11) is 0. The highest BCUT2D eigenvalue weighted by molar-refractivity contribution is 5.78. The van der Waals surface area contributed by atoms with Crippen LogP contribution in [-0.2, 0) is 9.53 Å². The summed E-state index contributed by atoms with van der Waals surface area (Å²) in [5, 5.41) is 4.28. The summed E-state index contributed by atoms with van der Waals surface area (Å²) in [6, 6.07) is 0. The van der Waals surface area contributed by atoms with E-state index in [-0.39, 0.29) is 6.10 Å². The Bertz CT molecular complexity index is 165. The van der Waals surface area contributed by atoms with Crippen molar-refractivity contribution >= 4 is 5.78 Å². The quantitative estimate of drug-likeness (QED) is 0.649. The summed E-state index contributed by atoms with van der Waals surface area (Å²) < 4.78 is 5.51. The topological polar surface area (TPSA) is 40.4 Å². The molecule has 0 aromatic heterocycles. The van der Waals surface area contributed by atoms with Gasteiger partial charge in [0.05, 0.1) is 12.7 Å². The molecule has 1 aliphatic heterocycles. The molecule has 0 bridgehead atoms. The lowest BCUT2D eigenvalue weighted by atomic mass is 10.1. The van der Waals surface area contributed by atoms with Gasteiger partial charge in [-0.1, -0.05) is 6.92 Å². The van der Waals surface area contributed by atoms with Crippen LogP contribution in [-0.4, -0.2) is 31.6 Å². The second kappa shape index (κ2) is 6.96. The summed E-state index contributed by atoms with van der Waals surface area (Å²) in [5.74, 6) is 0.389. The van der Waals surface area contributed by atoms with Gasteiger partial charge in [0.1, 0.15) is 5.78 Å². The molecule has 0 aromatic rings. The highest BCUT2D eigenvalue weighted by Crippen LogP contribution is 2.08. The second-order valence-corrected chi connectivity index (χ2v) is 3.80. The molecule has 1 saturated heterocycles. The van der Waals surface area contributed by atoms with Crippen LogP contribution in [0, 0.1) is 0 Å². The minimum atomic E-state index is 0.276. The Kier molecular flexibility index (Phi) is 5.80. The minimum Gasteiger partial charge on any atom is -0.375 e. The number of Topliss-reactive ketones (excluding diaryl/α,β-unsaturated/α-hetero) is 1. The third-order valence-electron chi connectivity index (χ3n) is 2.45. The van der Waals surface area contributed by atoms with E-state index >= 15 is 0 Å². The molecule has 3 nitrogen and oxygen atoms in total. The molecular weight excluding hydrogens is 178 g/mol. The fraction of sp³-hybridized carbons (Fsp3) is 0.909. The van der Waals surface area contributed by atoms with E-state index in [1.807, 2.05) is 6.92 Å². The van der Waals surface area contributed by atoms with Crippen molar-refractivity contribution in [2.45, 2.75) is 45.1 Å². The lowest BCUT2D eigenvalue weighted by Gasteiger charge is -2.22. The molecule has 1 fully saturated rings. The predicted molar refractivity (Wildman–Crippen MR) is 55.4 cm³/mol. The lowest BCUT2D eigenvalue weighted by Crippen LogP contribution is -2.34. The first kappa shape index (κ1) is 11.7. The first-order chi connectivity index (χ1) is 6.83. The zero-order valence-corrected chi connectivity index (χ0v) is 9.00. The fourth-order valence-corrected chi connectivity index (χ4v) is 1.68. The lowest BCUT2D eigenvalue weighted by molar-refractivity contribution is -0.119. The standard InChI is InChI=1S/C11H20NO2/c1-2-4-10(13)5-3-6-11-9-12-7-8-14-11/h11H,2-9H2,1H3. The van der Waals surface area contributed by atoms with Gasteiger partial charge in [-0.3, -0.25) is 4.79 Å². The smallest absolute Gasteiger partial charge is 0.132 e. The van der Waals surface area contributed by atoms with Gasteiger partial charge in [-0.15, -0.1) is 0 Å². The van der Waals surface area contributed by atoms with Crippen molar-refractivity contribution in [3.63, 3.8) is 0 Å². The number of nitrogens with zero attached hydrogens (tertiary/aromatic N) is 1. The molecule has 14 heavy (non-hydrogen) atoms. The normalized spacial score (nSPS) is 22.2. The molecule has 3 heteroatoms. The van der Waals surface area contributed by atoms with Gasteiger partial charge in [0, 0.05) is 25.9 Å². The van der Waals surface area contributed by atoms with Crippen molar-refractivity contribution < 1.29 is 9.53 Å². The number of ketones is 1. The summed E-state index contributed by atoms with van der Waals surface area (Å²) in [4.78, 5) is 11.2. The van der Waals surface area contributed by atoms with Crippen LogP contribution in [0.15, 0.2) is 0 Å². The van der Waals surface area contributed by atoms with E-state index in [4.69, 9.17) is 4.74 Å². The SMILES string of the molecule is CCCC(=O)CCCC1C[N]CCO1. The van der Waals surface area contributed by atoms with Crippen molar-refractivity contribution in [1.29, 1.82) is 0 Å². The summed E-state index contributed by atoms with van der Waals surface area (Å²) in [6.45, 7) is 4.46. The number of rotatable bonds is 6. The van der Waals surface area contributed by atoms with E-state index in [0.717, 1.165) is 45.4 Å². The van der Waals surface area contributed by atoms with Gasteiger partial charge >= 0.3 is 0 Å². The average molecular weight is 198 g/mol. The van der Waals surface area contributed by atoms with Crippen LogP contribution in [0.3, 0.4) is 0 Å².